The lowest BCUT2D eigenvalue weighted by molar-refractivity contribution is 0.0949. The number of aromatic amines is 1. The first-order valence-corrected chi connectivity index (χ1v) is 11.5. The Bertz CT molecular complexity index is 1430. The Labute approximate surface area is 201 Å². The molecule has 3 heterocycles. The van der Waals surface area contributed by atoms with E-state index in [4.69, 9.17) is 0 Å². The van der Waals surface area contributed by atoms with Crippen molar-refractivity contribution in [3.63, 3.8) is 0 Å². The highest BCUT2D eigenvalue weighted by atomic mass is 19.1. The summed E-state index contributed by atoms with van der Waals surface area (Å²) in [4.78, 5) is 28.9. The highest BCUT2D eigenvalue weighted by Gasteiger charge is 2.18. The number of imidazole rings is 1. The number of H-pyrrole nitrogens is 1. The molecule has 178 valence electrons. The smallest absolute Gasteiger partial charge is 0.254 e. The fourth-order valence-corrected chi connectivity index (χ4v) is 4.23. The zero-order valence-corrected chi connectivity index (χ0v) is 19.2. The summed E-state index contributed by atoms with van der Waals surface area (Å²) in [7, 11) is 0. The van der Waals surface area contributed by atoms with Crippen LogP contribution in [0.5, 0.6) is 5.75 Å². The molecule has 4 aromatic rings. The molecule has 35 heavy (non-hydrogen) atoms. The van der Waals surface area contributed by atoms with Gasteiger partial charge in [0.2, 0.25) is 0 Å². The monoisotopic (exact) mass is 472 g/mol. The summed E-state index contributed by atoms with van der Waals surface area (Å²) in [6.45, 7) is 3.17. The molecule has 0 saturated carbocycles. The highest BCUT2D eigenvalue weighted by Crippen LogP contribution is 2.34. The van der Waals surface area contributed by atoms with Crippen LogP contribution in [0.2, 0.25) is 0 Å². The number of pyridine rings is 1. The van der Waals surface area contributed by atoms with Crippen LogP contribution in [0.15, 0.2) is 53.7 Å². The van der Waals surface area contributed by atoms with Gasteiger partial charge in [0.25, 0.3) is 5.91 Å². The standard InChI is InChI=1S/C26H25FN6O2/c1-2-21-17(4-3-8-29-21)15-5-6-24(34)19(10-15)25-32-22-11-18(20(27)12-23(22)33-25)26(35)30-9-7-16-13-28-14-31-16/h3-6,8,10-12,14,16,34H,2,7,9,13H2,1H3,(H,28,31)(H,30,35)(H,32,33). The number of phenolic OH excluding ortho intramolecular Hbond substituents is 1. The van der Waals surface area contributed by atoms with Crippen molar-refractivity contribution < 1.29 is 14.3 Å². The van der Waals surface area contributed by atoms with E-state index in [2.05, 4.69) is 30.6 Å². The third kappa shape index (κ3) is 4.57. The number of nitrogens with one attached hydrogen (secondary N) is 3. The van der Waals surface area contributed by atoms with Crippen molar-refractivity contribution in [1.29, 1.82) is 0 Å². The molecule has 1 unspecified atom stereocenters. The van der Waals surface area contributed by atoms with Gasteiger partial charge < -0.3 is 20.7 Å². The Balaban J connectivity index is 1.43. The van der Waals surface area contributed by atoms with Gasteiger partial charge in [-0.1, -0.05) is 19.1 Å². The predicted molar refractivity (Wildman–Crippen MR) is 133 cm³/mol. The number of nitrogens with zero attached hydrogens (tertiary/aromatic N) is 3. The van der Waals surface area contributed by atoms with Crippen LogP contribution in [0, 0.1) is 5.82 Å². The third-order valence-electron chi connectivity index (χ3n) is 6.10. The topological polar surface area (TPSA) is 115 Å². The summed E-state index contributed by atoms with van der Waals surface area (Å²) in [5.74, 6) is -0.736. The average molecular weight is 473 g/mol. The maximum atomic E-state index is 14.8. The molecule has 1 aliphatic heterocycles. The van der Waals surface area contributed by atoms with Gasteiger partial charge in [0.05, 0.1) is 34.5 Å². The lowest BCUT2D eigenvalue weighted by Gasteiger charge is -2.09. The summed E-state index contributed by atoms with van der Waals surface area (Å²) >= 11 is 0. The zero-order chi connectivity index (χ0) is 24.4. The molecule has 9 heteroatoms. The van der Waals surface area contributed by atoms with E-state index in [-0.39, 0.29) is 17.4 Å². The van der Waals surface area contributed by atoms with Crippen LogP contribution >= 0.6 is 0 Å². The van der Waals surface area contributed by atoms with Crippen molar-refractivity contribution in [2.75, 3.05) is 13.1 Å². The Hall–Kier alpha value is -4.27. The van der Waals surface area contributed by atoms with Crippen LogP contribution in [0.1, 0.15) is 29.4 Å². The number of fused-ring (bicyclic) bond motifs is 1. The second-order valence-corrected chi connectivity index (χ2v) is 8.40. The van der Waals surface area contributed by atoms with Gasteiger partial charge in [-0.3, -0.25) is 14.8 Å². The number of halogens is 1. The van der Waals surface area contributed by atoms with E-state index in [0.29, 0.717) is 35.4 Å². The summed E-state index contributed by atoms with van der Waals surface area (Å²) < 4.78 is 14.8. The molecule has 5 rings (SSSR count). The lowest BCUT2D eigenvalue weighted by atomic mass is 10.00. The number of amides is 1. The van der Waals surface area contributed by atoms with E-state index in [1.165, 1.54) is 12.1 Å². The number of benzene rings is 2. The number of hydrogen-bond acceptors (Lipinski definition) is 6. The van der Waals surface area contributed by atoms with Crippen molar-refractivity contribution in [1.82, 2.24) is 25.6 Å². The van der Waals surface area contributed by atoms with Gasteiger partial charge in [-0.15, -0.1) is 0 Å². The van der Waals surface area contributed by atoms with E-state index in [0.717, 1.165) is 29.8 Å². The van der Waals surface area contributed by atoms with Crippen molar-refractivity contribution in [2.24, 2.45) is 4.99 Å². The first kappa shape index (κ1) is 22.5. The number of aromatic hydroxyl groups is 1. The van der Waals surface area contributed by atoms with Crippen LogP contribution in [0.25, 0.3) is 33.5 Å². The Kier molecular flexibility index (Phi) is 6.13. The van der Waals surface area contributed by atoms with Gasteiger partial charge in [0.15, 0.2) is 0 Å². The minimum Gasteiger partial charge on any atom is -0.507 e. The van der Waals surface area contributed by atoms with Crippen molar-refractivity contribution in [3.05, 3.63) is 65.7 Å². The number of phenols is 1. The number of carbonyl (C=O) groups is 1. The SMILES string of the molecule is CCc1ncccc1-c1ccc(O)c(-c2nc3cc(F)c(C(=O)NCCC4CNC=N4)cc3[nH]2)c1. The van der Waals surface area contributed by atoms with E-state index in [1.54, 1.807) is 18.6 Å². The minimum absolute atomic E-state index is 0.0391. The van der Waals surface area contributed by atoms with Crippen LogP contribution in [0.3, 0.4) is 0 Å². The maximum absolute atomic E-state index is 14.8. The summed E-state index contributed by atoms with van der Waals surface area (Å²) in [6.07, 6.45) is 4.85. The number of aromatic nitrogens is 3. The second kappa shape index (κ2) is 9.54. The van der Waals surface area contributed by atoms with E-state index in [1.807, 2.05) is 31.2 Å². The molecule has 0 saturated heterocycles. The normalized spacial score (nSPS) is 14.9. The van der Waals surface area contributed by atoms with Crippen LogP contribution < -0.4 is 10.6 Å². The first-order valence-electron chi connectivity index (χ1n) is 11.5. The molecule has 0 spiro atoms. The molecule has 0 fully saturated rings. The fourth-order valence-electron chi connectivity index (χ4n) is 4.23. The van der Waals surface area contributed by atoms with E-state index < -0.39 is 11.7 Å². The van der Waals surface area contributed by atoms with Crippen LogP contribution in [-0.2, 0) is 6.42 Å². The van der Waals surface area contributed by atoms with Crippen LogP contribution in [-0.4, -0.2) is 51.4 Å². The molecular formula is C26H25FN6O2. The molecule has 2 aromatic heterocycles. The highest BCUT2D eigenvalue weighted by molar-refractivity contribution is 5.98. The van der Waals surface area contributed by atoms with E-state index >= 15 is 0 Å². The number of carbonyl (C=O) groups excluding carboxylic acids is 1. The summed E-state index contributed by atoms with van der Waals surface area (Å²) in [6, 6.07) is 11.9. The molecule has 1 amide bonds. The Morgan fingerprint density at radius 1 is 1.23 bits per heavy atom. The quantitative estimate of drug-likeness (QED) is 0.326. The van der Waals surface area contributed by atoms with E-state index in [9.17, 15) is 14.3 Å². The molecule has 0 bridgehead atoms. The van der Waals surface area contributed by atoms with Gasteiger partial charge in [-0.05, 0) is 42.7 Å². The first-order chi connectivity index (χ1) is 17.0. The Morgan fingerprint density at radius 3 is 2.91 bits per heavy atom. The van der Waals surface area contributed by atoms with Crippen molar-refractivity contribution in [3.8, 4) is 28.3 Å². The summed E-state index contributed by atoms with van der Waals surface area (Å²) in [5.41, 5.74) is 4.07. The fraction of sp³-hybridized carbons (Fsp3) is 0.231. The molecule has 0 radical (unpaired) electrons. The molecule has 8 nitrogen and oxygen atoms in total. The third-order valence-corrected chi connectivity index (χ3v) is 6.10. The molecule has 2 aromatic carbocycles. The van der Waals surface area contributed by atoms with Gasteiger partial charge >= 0.3 is 0 Å². The number of aryl methyl sites for hydroxylation is 1. The van der Waals surface area contributed by atoms with Crippen molar-refractivity contribution >= 4 is 23.3 Å². The van der Waals surface area contributed by atoms with Gasteiger partial charge in [0, 0.05) is 36.6 Å². The van der Waals surface area contributed by atoms with Crippen LogP contribution in [0.4, 0.5) is 4.39 Å². The molecule has 4 N–H and O–H groups in total. The van der Waals surface area contributed by atoms with Crippen molar-refractivity contribution in [2.45, 2.75) is 25.8 Å². The molecule has 1 aliphatic rings. The summed E-state index contributed by atoms with van der Waals surface area (Å²) in [5, 5.41) is 16.3. The van der Waals surface area contributed by atoms with Gasteiger partial charge in [-0.2, -0.15) is 0 Å². The van der Waals surface area contributed by atoms with Gasteiger partial charge in [0.1, 0.15) is 17.4 Å². The molecular weight excluding hydrogens is 447 g/mol. The molecule has 1 atom stereocenters. The van der Waals surface area contributed by atoms with Gasteiger partial charge in [-0.25, -0.2) is 9.37 Å². The molecule has 0 aliphatic carbocycles. The number of rotatable bonds is 7. The zero-order valence-electron chi connectivity index (χ0n) is 19.2. The average Bonchev–Trinajstić information content (AvgIpc) is 3.53. The predicted octanol–water partition coefficient (Wildman–Crippen LogP) is 3.82. The second-order valence-electron chi connectivity index (χ2n) is 8.40. The largest absolute Gasteiger partial charge is 0.507 e. The maximum Gasteiger partial charge on any atom is 0.254 e. The minimum atomic E-state index is -0.658. The number of aliphatic imine (C=N–C) groups is 1. The Morgan fingerprint density at radius 2 is 2.11 bits per heavy atom. The number of hydrogen-bond donors (Lipinski definition) is 4. The lowest BCUT2D eigenvalue weighted by Crippen LogP contribution is -2.28.